The Labute approximate surface area is 150 Å². The molecule has 0 bridgehead atoms. The molecule has 0 aliphatic heterocycles. The zero-order valence-electron chi connectivity index (χ0n) is 14.4. The molecule has 0 aliphatic carbocycles. The lowest BCUT2D eigenvalue weighted by molar-refractivity contribution is -0.385. The first kappa shape index (κ1) is 19.2. The first-order valence-electron chi connectivity index (χ1n) is 7.51. The number of nitro benzene ring substituents is 1. The molecule has 2 amide bonds. The molecule has 0 atom stereocenters. The van der Waals surface area contributed by atoms with E-state index >= 15 is 0 Å². The Morgan fingerprint density at radius 1 is 1.12 bits per heavy atom. The number of urea groups is 1. The molecular formula is C16H18N4O5S. The van der Waals surface area contributed by atoms with Crippen LogP contribution in [-0.4, -0.2) is 26.4 Å². The van der Waals surface area contributed by atoms with Crippen molar-refractivity contribution in [1.29, 1.82) is 0 Å². The first-order chi connectivity index (χ1) is 12.1. The number of amides is 2. The van der Waals surface area contributed by atoms with E-state index < -0.39 is 21.0 Å². The van der Waals surface area contributed by atoms with Crippen molar-refractivity contribution in [3.63, 3.8) is 0 Å². The van der Waals surface area contributed by atoms with E-state index in [1.807, 2.05) is 0 Å². The highest BCUT2D eigenvalue weighted by Gasteiger charge is 2.22. The van der Waals surface area contributed by atoms with Gasteiger partial charge in [0.2, 0.25) is 0 Å². The summed E-state index contributed by atoms with van der Waals surface area (Å²) in [5.41, 5.74) is 1.21. The molecule has 0 saturated carbocycles. The quantitative estimate of drug-likeness (QED) is 0.544. The third-order valence-corrected chi connectivity index (χ3v) is 5.21. The van der Waals surface area contributed by atoms with Gasteiger partial charge in [-0.2, -0.15) is 0 Å². The number of carbonyl (C=O) groups excluding carboxylic acids is 1. The largest absolute Gasteiger partial charge is 0.341 e. The Kier molecular flexibility index (Phi) is 5.46. The van der Waals surface area contributed by atoms with Crippen molar-refractivity contribution in [2.24, 2.45) is 0 Å². The molecule has 10 heteroatoms. The number of nitro groups is 1. The Morgan fingerprint density at radius 3 is 2.38 bits per heavy atom. The fourth-order valence-electron chi connectivity index (χ4n) is 2.26. The Bertz CT molecular complexity index is 973. The third-order valence-electron chi connectivity index (χ3n) is 3.70. The van der Waals surface area contributed by atoms with E-state index in [9.17, 15) is 23.3 Å². The van der Waals surface area contributed by atoms with Crippen LogP contribution in [0.15, 0.2) is 41.3 Å². The average Bonchev–Trinajstić information content (AvgIpc) is 2.56. The zero-order valence-corrected chi connectivity index (χ0v) is 15.2. The topological polar surface area (TPSA) is 130 Å². The summed E-state index contributed by atoms with van der Waals surface area (Å²) < 4.78 is 27.8. The van der Waals surface area contributed by atoms with Crippen molar-refractivity contribution < 1.29 is 18.1 Å². The van der Waals surface area contributed by atoms with Crippen LogP contribution in [0.5, 0.6) is 0 Å². The smallest absolute Gasteiger partial charge is 0.318 e. The number of benzene rings is 2. The summed E-state index contributed by atoms with van der Waals surface area (Å²) in [4.78, 5) is 21.6. The van der Waals surface area contributed by atoms with Crippen LogP contribution in [0.3, 0.4) is 0 Å². The van der Waals surface area contributed by atoms with Crippen LogP contribution in [0.2, 0.25) is 0 Å². The molecule has 26 heavy (non-hydrogen) atoms. The molecule has 0 saturated heterocycles. The van der Waals surface area contributed by atoms with E-state index in [1.165, 1.54) is 25.2 Å². The van der Waals surface area contributed by atoms with Crippen LogP contribution in [0.25, 0.3) is 0 Å². The number of nitrogens with zero attached hydrogens (tertiary/aromatic N) is 1. The zero-order chi connectivity index (χ0) is 19.5. The number of hydrogen-bond donors (Lipinski definition) is 3. The van der Waals surface area contributed by atoms with Crippen LogP contribution >= 0.6 is 0 Å². The minimum absolute atomic E-state index is 0.172. The lowest BCUT2D eigenvalue weighted by Gasteiger charge is -2.13. The molecule has 0 aliphatic rings. The van der Waals surface area contributed by atoms with Gasteiger partial charge in [-0.3, -0.25) is 14.8 Å². The van der Waals surface area contributed by atoms with E-state index in [4.69, 9.17) is 0 Å². The highest BCUT2D eigenvalue weighted by molar-refractivity contribution is 7.92. The van der Waals surface area contributed by atoms with Gasteiger partial charge in [-0.1, -0.05) is 6.07 Å². The Morgan fingerprint density at radius 2 is 1.77 bits per heavy atom. The molecule has 0 aromatic heterocycles. The Hall–Kier alpha value is -3.14. The standard InChI is InChI=1S/C16H18N4O5S/c1-10-7-14(20(22)23)9-15(11(10)2)26(24,25)19-13-6-4-5-12(8-13)18-16(21)17-3/h4-9,19H,1-3H3,(H2,17,18,21). The van der Waals surface area contributed by atoms with Crippen molar-refractivity contribution in [2.75, 3.05) is 17.1 Å². The van der Waals surface area contributed by atoms with Gasteiger partial charge in [0.25, 0.3) is 15.7 Å². The van der Waals surface area contributed by atoms with Crippen LogP contribution in [0.4, 0.5) is 21.9 Å². The Balaban J connectivity index is 2.39. The van der Waals surface area contributed by atoms with Gasteiger partial charge >= 0.3 is 6.03 Å². The minimum atomic E-state index is -4.06. The summed E-state index contributed by atoms with van der Waals surface area (Å²) >= 11 is 0. The van der Waals surface area contributed by atoms with Crippen molar-refractivity contribution >= 4 is 33.1 Å². The monoisotopic (exact) mass is 378 g/mol. The maximum absolute atomic E-state index is 12.7. The predicted molar refractivity (Wildman–Crippen MR) is 97.9 cm³/mol. The summed E-state index contributed by atoms with van der Waals surface area (Å²) in [5.74, 6) is 0. The van der Waals surface area contributed by atoms with Crippen molar-refractivity contribution in [3.8, 4) is 0 Å². The van der Waals surface area contributed by atoms with Gasteiger partial charge in [-0.25, -0.2) is 13.2 Å². The van der Waals surface area contributed by atoms with Crippen LogP contribution in [0.1, 0.15) is 11.1 Å². The van der Waals surface area contributed by atoms with E-state index in [1.54, 1.807) is 26.0 Å². The highest BCUT2D eigenvalue weighted by Crippen LogP contribution is 2.27. The number of nitrogens with one attached hydrogen (secondary N) is 3. The van der Waals surface area contributed by atoms with Crippen molar-refractivity contribution in [2.45, 2.75) is 18.7 Å². The SMILES string of the molecule is CNC(=O)Nc1cccc(NS(=O)(=O)c2cc([N+](=O)[O-])cc(C)c2C)c1. The van der Waals surface area contributed by atoms with Gasteiger partial charge in [0.05, 0.1) is 15.5 Å². The fraction of sp³-hybridized carbons (Fsp3) is 0.188. The maximum atomic E-state index is 12.7. The van der Waals surface area contributed by atoms with Crippen molar-refractivity contribution in [1.82, 2.24) is 5.32 Å². The number of non-ortho nitro benzene ring substituents is 1. The summed E-state index contributed by atoms with van der Waals surface area (Å²) in [5, 5.41) is 15.9. The highest BCUT2D eigenvalue weighted by atomic mass is 32.2. The second-order valence-corrected chi connectivity index (χ2v) is 7.18. The molecule has 0 fully saturated rings. The molecule has 0 heterocycles. The summed E-state index contributed by atoms with van der Waals surface area (Å²) in [6.07, 6.45) is 0. The average molecular weight is 378 g/mol. The number of carbonyl (C=O) groups is 1. The van der Waals surface area contributed by atoms with Gasteiger partial charge in [-0.15, -0.1) is 0 Å². The number of anilines is 2. The van der Waals surface area contributed by atoms with Crippen LogP contribution in [0, 0.1) is 24.0 Å². The fourth-order valence-corrected chi connectivity index (χ4v) is 3.64. The molecule has 9 nitrogen and oxygen atoms in total. The normalized spacial score (nSPS) is 10.9. The van der Waals surface area contributed by atoms with Gasteiger partial charge in [-0.05, 0) is 43.2 Å². The molecular weight excluding hydrogens is 360 g/mol. The molecule has 0 radical (unpaired) electrons. The summed E-state index contributed by atoms with van der Waals surface area (Å²) in [6.45, 7) is 3.19. The van der Waals surface area contributed by atoms with Gasteiger partial charge in [0.1, 0.15) is 0 Å². The minimum Gasteiger partial charge on any atom is -0.341 e. The summed E-state index contributed by atoms with van der Waals surface area (Å²) in [6, 6.07) is 8.00. The van der Waals surface area contributed by atoms with Crippen LogP contribution < -0.4 is 15.4 Å². The second kappa shape index (κ2) is 7.40. The lowest BCUT2D eigenvalue weighted by Crippen LogP contribution is -2.24. The lowest BCUT2D eigenvalue weighted by atomic mass is 10.1. The first-order valence-corrected chi connectivity index (χ1v) is 8.99. The van der Waals surface area contributed by atoms with Gasteiger partial charge < -0.3 is 10.6 Å². The number of rotatable bonds is 5. The van der Waals surface area contributed by atoms with E-state index in [0.717, 1.165) is 6.07 Å². The van der Waals surface area contributed by atoms with Crippen LogP contribution in [-0.2, 0) is 10.0 Å². The molecule has 2 rings (SSSR count). The molecule has 138 valence electrons. The van der Waals surface area contributed by atoms with E-state index in [0.29, 0.717) is 16.8 Å². The maximum Gasteiger partial charge on any atom is 0.318 e. The van der Waals surface area contributed by atoms with E-state index in [2.05, 4.69) is 15.4 Å². The van der Waals surface area contributed by atoms with Gasteiger partial charge in [0.15, 0.2) is 0 Å². The number of hydrogen-bond acceptors (Lipinski definition) is 5. The molecule has 3 N–H and O–H groups in total. The second-order valence-electron chi connectivity index (χ2n) is 5.53. The molecule has 0 unspecified atom stereocenters. The molecule has 2 aromatic carbocycles. The predicted octanol–water partition coefficient (Wildman–Crippen LogP) is 2.76. The summed E-state index contributed by atoms with van der Waals surface area (Å²) in [7, 11) is -2.60. The van der Waals surface area contributed by atoms with E-state index in [-0.39, 0.29) is 16.3 Å². The third kappa shape index (κ3) is 4.28. The number of sulfonamides is 1. The number of aryl methyl sites for hydroxylation is 1. The molecule has 2 aromatic rings. The van der Waals surface area contributed by atoms with Gasteiger partial charge in [0, 0.05) is 24.9 Å². The molecule has 0 spiro atoms. The van der Waals surface area contributed by atoms with Crippen molar-refractivity contribution in [3.05, 3.63) is 57.6 Å².